The number of benzene rings is 2. The summed E-state index contributed by atoms with van der Waals surface area (Å²) in [5.74, 6) is 0.141. The third kappa shape index (κ3) is 6.15. The van der Waals surface area contributed by atoms with E-state index in [0.717, 1.165) is 12.1 Å². The Balaban J connectivity index is 1.53. The molecule has 0 aliphatic heterocycles. The summed E-state index contributed by atoms with van der Waals surface area (Å²) in [6.07, 6.45) is -3.28. The molecule has 0 fully saturated rings. The van der Waals surface area contributed by atoms with E-state index in [1.165, 1.54) is 56.8 Å². The first-order valence-electron chi connectivity index (χ1n) is 9.81. The lowest BCUT2D eigenvalue weighted by molar-refractivity contribution is -0.137. The predicted molar refractivity (Wildman–Crippen MR) is 117 cm³/mol. The van der Waals surface area contributed by atoms with Gasteiger partial charge < -0.3 is 19.2 Å². The molecule has 0 spiro atoms. The van der Waals surface area contributed by atoms with Crippen molar-refractivity contribution in [3.05, 3.63) is 71.5 Å². The standard InChI is InChI=1S/C23H20F3N3O5/c1-32-19-8-6-15(11-20(19)33-2)22(31)27-13-21(30)29-28-12-17-7-9-18(34-17)14-4-3-5-16(10-14)23(24,25)26/h3-12H,13H2,1-2H3,(H,27,31)(H,29,30). The topological polar surface area (TPSA) is 102 Å². The lowest BCUT2D eigenvalue weighted by Gasteiger charge is -2.09. The highest BCUT2D eigenvalue weighted by Gasteiger charge is 2.30. The number of nitrogens with zero attached hydrogens (tertiary/aromatic N) is 1. The molecule has 0 unspecified atom stereocenters. The number of carbonyl (C=O) groups is 2. The molecule has 1 aromatic heterocycles. The van der Waals surface area contributed by atoms with Crippen molar-refractivity contribution in [3.8, 4) is 22.8 Å². The maximum Gasteiger partial charge on any atom is 0.416 e. The number of ether oxygens (including phenoxy) is 2. The van der Waals surface area contributed by atoms with E-state index < -0.39 is 23.6 Å². The van der Waals surface area contributed by atoms with Gasteiger partial charge in [-0.2, -0.15) is 18.3 Å². The molecule has 0 saturated carbocycles. The van der Waals surface area contributed by atoms with E-state index >= 15 is 0 Å². The second-order valence-electron chi connectivity index (χ2n) is 6.83. The van der Waals surface area contributed by atoms with E-state index in [2.05, 4.69) is 15.8 Å². The zero-order chi connectivity index (χ0) is 24.7. The van der Waals surface area contributed by atoms with Crippen molar-refractivity contribution in [2.24, 2.45) is 5.10 Å². The molecule has 8 nitrogen and oxygen atoms in total. The highest BCUT2D eigenvalue weighted by molar-refractivity contribution is 5.97. The van der Waals surface area contributed by atoms with Gasteiger partial charge in [0.05, 0.1) is 32.5 Å². The highest BCUT2D eigenvalue weighted by Crippen LogP contribution is 2.32. The number of nitrogens with one attached hydrogen (secondary N) is 2. The molecule has 0 atom stereocenters. The molecule has 34 heavy (non-hydrogen) atoms. The molecule has 3 aromatic rings. The average Bonchev–Trinajstić information content (AvgIpc) is 3.30. The van der Waals surface area contributed by atoms with Crippen LogP contribution in [0.3, 0.4) is 0 Å². The van der Waals surface area contributed by atoms with Gasteiger partial charge in [-0.3, -0.25) is 9.59 Å². The third-order valence-corrected chi connectivity index (χ3v) is 4.54. The number of hydrogen-bond acceptors (Lipinski definition) is 6. The molecular formula is C23H20F3N3O5. The van der Waals surface area contributed by atoms with Gasteiger partial charge >= 0.3 is 6.18 Å². The second kappa shape index (κ2) is 10.6. The molecule has 1 heterocycles. The number of hydrazone groups is 1. The van der Waals surface area contributed by atoms with E-state index in [4.69, 9.17) is 13.9 Å². The van der Waals surface area contributed by atoms with Gasteiger partial charge in [0.1, 0.15) is 11.5 Å². The molecule has 2 aromatic carbocycles. The first-order chi connectivity index (χ1) is 16.2. The summed E-state index contributed by atoms with van der Waals surface area (Å²) in [4.78, 5) is 24.2. The minimum atomic E-state index is -4.47. The Bertz CT molecular complexity index is 1200. The Morgan fingerprint density at radius 2 is 1.79 bits per heavy atom. The fourth-order valence-corrected chi connectivity index (χ4v) is 2.87. The summed E-state index contributed by atoms with van der Waals surface area (Å²) in [7, 11) is 2.91. The number of alkyl halides is 3. The van der Waals surface area contributed by atoms with Gasteiger partial charge in [-0.1, -0.05) is 12.1 Å². The molecule has 11 heteroatoms. The quantitative estimate of drug-likeness (QED) is 0.381. The maximum atomic E-state index is 12.9. The van der Waals surface area contributed by atoms with Crippen LogP contribution >= 0.6 is 0 Å². The first-order valence-corrected chi connectivity index (χ1v) is 9.81. The molecule has 3 rings (SSSR count). The Morgan fingerprint density at radius 3 is 2.50 bits per heavy atom. The number of halogens is 3. The van der Waals surface area contributed by atoms with Crippen molar-refractivity contribution in [3.63, 3.8) is 0 Å². The second-order valence-corrected chi connectivity index (χ2v) is 6.83. The molecule has 2 N–H and O–H groups in total. The highest BCUT2D eigenvalue weighted by atomic mass is 19.4. The smallest absolute Gasteiger partial charge is 0.416 e. The number of rotatable bonds is 8. The zero-order valence-corrected chi connectivity index (χ0v) is 18.1. The van der Waals surface area contributed by atoms with E-state index in [1.54, 1.807) is 6.07 Å². The number of hydrogen-bond donors (Lipinski definition) is 2. The Morgan fingerprint density at radius 1 is 1.03 bits per heavy atom. The molecule has 0 radical (unpaired) electrons. The van der Waals surface area contributed by atoms with Gasteiger partial charge in [0, 0.05) is 11.1 Å². The lowest BCUT2D eigenvalue weighted by atomic mass is 10.1. The minimum Gasteiger partial charge on any atom is -0.493 e. The summed E-state index contributed by atoms with van der Waals surface area (Å²) >= 11 is 0. The van der Waals surface area contributed by atoms with Crippen molar-refractivity contribution in [2.45, 2.75) is 6.18 Å². The van der Waals surface area contributed by atoms with Crippen molar-refractivity contribution >= 4 is 18.0 Å². The van der Waals surface area contributed by atoms with Crippen LogP contribution in [0.5, 0.6) is 11.5 Å². The molecular weight excluding hydrogens is 455 g/mol. The summed E-state index contributed by atoms with van der Waals surface area (Å²) in [6.45, 7) is -0.349. The fourth-order valence-electron chi connectivity index (χ4n) is 2.87. The van der Waals surface area contributed by atoms with Crippen LogP contribution in [0, 0.1) is 0 Å². The van der Waals surface area contributed by atoms with Crippen LogP contribution in [-0.2, 0) is 11.0 Å². The van der Waals surface area contributed by atoms with Gasteiger partial charge in [-0.05, 0) is 42.5 Å². The fraction of sp³-hybridized carbons (Fsp3) is 0.174. The molecule has 0 aliphatic rings. The van der Waals surface area contributed by atoms with E-state index in [9.17, 15) is 22.8 Å². The van der Waals surface area contributed by atoms with Crippen LogP contribution in [0.15, 0.2) is 64.1 Å². The van der Waals surface area contributed by atoms with E-state index in [-0.39, 0.29) is 29.2 Å². The Kier molecular flexibility index (Phi) is 7.57. The van der Waals surface area contributed by atoms with Crippen molar-refractivity contribution in [1.82, 2.24) is 10.7 Å². The van der Waals surface area contributed by atoms with Crippen LogP contribution in [-0.4, -0.2) is 38.8 Å². The minimum absolute atomic E-state index is 0.209. The number of methoxy groups -OCH3 is 2. The van der Waals surface area contributed by atoms with Crippen LogP contribution in [0.25, 0.3) is 11.3 Å². The Labute approximate surface area is 192 Å². The van der Waals surface area contributed by atoms with Crippen LogP contribution in [0.1, 0.15) is 21.7 Å². The predicted octanol–water partition coefficient (Wildman–Crippen LogP) is 3.86. The number of amides is 2. The summed E-state index contributed by atoms with van der Waals surface area (Å²) in [6, 6.07) is 12.2. The SMILES string of the molecule is COc1ccc(C(=O)NCC(=O)NN=Cc2ccc(-c3cccc(C(F)(F)F)c3)o2)cc1OC. The monoisotopic (exact) mass is 475 g/mol. The van der Waals surface area contributed by atoms with Crippen molar-refractivity contribution in [1.29, 1.82) is 0 Å². The lowest BCUT2D eigenvalue weighted by Crippen LogP contribution is -2.34. The summed E-state index contributed by atoms with van der Waals surface area (Å²) in [5.41, 5.74) is 1.94. The number of furan rings is 1. The average molecular weight is 475 g/mol. The summed E-state index contributed by atoms with van der Waals surface area (Å²) < 4.78 is 54.3. The third-order valence-electron chi connectivity index (χ3n) is 4.54. The largest absolute Gasteiger partial charge is 0.493 e. The van der Waals surface area contributed by atoms with Crippen molar-refractivity contribution in [2.75, 3.05) is 20.8 Å². The molecule has 2 amide bonds. The van der Waals surface area contributed by atoms with E-state index in [1.807, 2.05) is 0 Å². The van der Waals surface area contributed by atoms with Crippen LogP contribution in [0.4, 0.5) is 13.2 Å². The maximum absolute atomic E-state index is 12.9. The van der Waals surface area contributed by atoms with Crippen LogP contribution in [0.2, 0.25) is 0 Å². The molecule has 0 aliphatic carbocycles. The van der Waals surface area contributed by atoms with Crippen molar-refractivity contribution < 1.29 is 36.7 Å². The van der Waals surface area contributed by atoms with E-state index in [0.29, 0.717) is 11.5 Å². The van der Waals surface area contributed by atoms with Gasteiger partial charge in [-0.15, -0.1) is 0 Å². The number of carbonyl (C=O) groups excluding carboxylic acids is 2. The first kappa shape index (κ1) is 24.4. The van der Waals surface area contributed by atoms with Gasteiger partial charge in [0.2, 0.25) is 0 Å². The van der Waals surface area contributed by atoms with Crippen LogP contribution < -0.4 is 20.2 Å². The zero-order valence-electron chi connectivity index (χ0n) is 18.1. The normalized spacial score (nSPS) is 11.3. The molecule has 0 saturated heterocycles. The molecule has 178 valence electrons. The Hall–Kier alpha value is -4.28. The summed E-state index contributed by atoms with van der Waals surface area (Å²) in [5, 5.41) is 6.16. The molecule has 0 bridgehead atoms. The van der Waals surface area contributed by atoms with Gasteiger partial charge in [0.25, 0.3) is 11.8 Å². The van der Waals surface area contributed by atoms with Gasteiger partial charge in [-0.25, -0.2) is 5.43 Å². The van der Waals surface area contributed by atoms with Gasteiger partial charge in [0.15, 0.2) is 11.5 Å².